The van der Waals surface area contributed by atoms with Gasteiger partial charge < -0.3 is 5.32 Å². The molecule has 0 amide bonds. The number of hydrogen-bond donors (Lipinski definition) is 2. The summed E-state index contributed by atoms with van der Waals surface area (Å²) < 4.78 is 55.0. The van der Waals surface area contributed by atoms with Crippen LogP contribution in [0.3, 0.4) is 0 Å². The largest absolute Gasteiger partial charge is 0.311 e. The number of nitrogens with one attached hydrogen (secondary N) is 2. The van der Waals surface area contributed by atoms with Crippen molar-refractivity contribution in [3.63, 3.8) is 0 Å². The second-order valence-corrected chi connectivity index (χ2v) is 9.49. The third-order valence-corrected chi connectivity index (χ3v) is 6.35. The van der Waals surface area contributed by atoms with Crippen LogP contribution in [0.5, 0.6) is 0 Å². The SMILES string of the molecule is CS(=O)(=O)NC1C(Cc2cccc(-c3cccc(F)c3)c2F)NCC12CC2.Cl. The molecule has 28 heavy (non-hydrogen) atoms. The van der Waals surface area contributed by atoms with E-state index in [4.69, 9.17) is 0 Å². The molecule has 4 rings (SSSR count). The number of hydrogen-bond acceptors (Lipinski definition) is 3. The van der Waals surface area contributed by atoms with E-state index in [9.17, 15) is 12.8 Å². The molecule has 152 valence electrons. The molecule has 0 radical (unpaired) electrons. The normalized spacial score (nSPS) is 22.8. The molecule has 2 aromatic carbocycles. The number of halogens is 3. The number of benzene rings is 2. The molecule has 2 aliphatic rings. The molecule has 1 saturated heterocycles. The number of rotatable bonds is 5. The highest BCUT2D eigenvalue weighted by molar-refractivity contribution is 7.88. The van der Waals surface area contributed by atoms with Crippen LogP contribution >= 0.6 is 12.4 Å². The fourth-order valence-electron chi connectivity index (χ4n) is 4.12. The lowest BCUT2D eigenvalue weighted by Crippen LogP contribution is -2.47. The Labute approximate surface area is 170 Å². The standard InChI is InChI=1S/C20H22F2N2O2S.ClH/c1-27(25,26)24-19-17(23-12-20(19)8-9-20)11-14-5-3-7-16(18(14)22)13-4-2-6-15(21)10-13;/h2-7,10,17,19,23-24H,8-9,11-12H2,1H3;1H. The zero-order valence-corrected chi connectivity index (χ0v) is 17.0. The topological polar surface area (TPSA) is 58.2 Å². The van der Waals surface area contributed by atoms with Crippen LogP contribution in [0.4, 0.5) is 8.78 Å². The molecule has 8 heteroatoms. The predicted molar refractivity (Wildman–Crippen MR) is 108 cm³/mol. The lowest BCUT2D eigenvalue weighted by molar-refractivity contribution is 0.407. The van der Waals surface area contributed by atoms with Crippen molar-refractivity contribution in [2.24, 2.45) is 5.41 Å². The molecule has 2 aromatic rings. The highest BCUT2D eigenvalue weighted by Crippen LogP contribution is 2.52. The van der Waals surface area contributed by atoms with Crippen LogP contribution in [0, 0.1) is 17.0 Å². The van der Waals surface area contributed by atoms with Crippen molar-refractivity contribution in [1.82, 2.24) is 10.0 Å². The fourth-order valence-corrected chi connectivity index (χ4v) is 4.99. The summed E-state index contributed by atoms with van der Waals surface area (Å²) in [4.78, 5) is 0. The Bertz CT molecular complexity index is 980. The minimum absolute atomic E-state index is 0. The molecule has 2 atom stereocenters. The zero-order chi connectivity index (χ0) is 19.2. The van der Waals surface area contributed by atoms with Gasteiger partial charge in [-0.15, -0.1) is 12.4 Å². The van der Waals surface area contributed by atoms with Crippen molar-refractivity contribution in [3.05, 3.63) is 59.7 Å². The van der Waals surface area contributed by atoms with Crippen LogP contribution < -0.4 is 10.0 Å². The van der Waals surface area contributed by atoms with Crippen molar-refractivity contribution in [2.75, 3.05) is 12.8 Å². The summed E-state index contributed by atoms with van der Waals surface area (Å²) in [7, 11) is -3.36. The Morgan fingerprint density at radius 3 is 2.54 bits per heavy atom. The van der Waals surface area contributed by atoms with E-state index in [1.807, 2.05) is 0 Å². The summed E-state index contributed by atoms with van der Waals surface area (Å²) in [6, 6.07) is 10.5. The van der Waals surface area contributed by atoms with E-state index < -0.39 is 15.8 Å². The van der Waals surface area contributed by atoms with Crippen LogP contribution in [0.1, 0.15) is 18.4 Å². The molecule has 0 bridgehead atoms. The van der Waals surface area contributed by atoms with Gasteiger partial charge in [0.1, 0.15) is 11.6 Å². The molecule has 1 heterocycles. The van der Waals surface area contributed by atoms with E-state index in [0.29, 0.717) is 23.1 Å². The van der Waals surface area contributed by atoms with Gasteiger partial charge >= 0.3 is 0 Å². The van der Waals surface area contributed by atoms with Crippen LogP contribution in [-0.2, 0) is 16.4 Å². The van der Waals surface area contributed by atoms with Crippen molar-refractivity contribution >= 4 is 22.4 Å². The molecular weight excluding hydrogens is 406 g/mol. The quantitative estimate of drug-likeness (QED) is 0.768. The summed E-state index contributed by atoms with van der Waals surface area (Å²) in [6.07, 6.45) is 3.46. The molecule has 1 saturated carbocycles. The van der Waals surface area contributed by atoms with Crippen LogP contribution in [0.2, 0.25) is 0 Å². The highest BCUT2D eigenvalue weighted by Gasteiger charge is 2.56. The second kappa shape index (κ2) is 7.71. The first-order valence-corrected chi connectivity index (χ1v) is 10.9. The Hall–Kier alpha value is -1.54. The highest BCUT2D eigenvalue weighted by atomic mass is 35.5. The first-order chi connectivity index (χ1) is 12.8. The van der Waals surface area contributed by atoms with Gasteiger partial charge in [-0.05, 0) is 42.5 Å². The average molecular weight is 429 g/mol. The summed E-state index contributed by atoms with van der Waals surface area (Å²) >= 11 is 0. The molecule has 2 N–H and O–H groups in total. The Kier molecular flexibility index (Phi) is 5.83. The van der Waals surface area contributed by atoms with Gasteiger partial charge in [-0.3, -0.25) is 0 Å². The van der Waals surface area contributed by atoms with Gasteiger partial charge in [0.2, 0.25) is 10.0 Å². The van der Waals surface area contributed by atoms with Crippen molar-refractivity contribution in [1.29, 1.82) is 0 Å². The smallest absolute Gasteiger partial charge is 0.209 e. The summed E-state index contributed by atoms with van der Waals surface area (Å²) in [6.45, 7) is 0.732. The third-order valence-electron chi connectivity index (χ3n) is 5.67. The molecule has 1 aliphatic carbocycles. The Morgan fingerprint density at radius 2 is 1.89 bits per heavy atom. The van der Waals surface area contributed by atoms with E-state index in [1.54, 1.807) is 30.3 Å². The maximum Gasteiger partial charge on any atom is 0.209 e. The van der Waals surface area contributed by atoms with Crippen LogP contribution in [-0.4, -0.2) is 33.3 Å². The van der Waals surface area contributed by atoms with Crippen LogP contribution in [0.25, 0.3) is 11.1 Å². The maximum absolute atomic E-state index is 15.1. The van der Waals surface area contributed by atoms with Crippen molar-refractivity contribution < 1.29 is 17.2 Å². The van der Waals surface area contributed by atoms with Gasteiger partial charge in [-0.1, -0.05) is 30.3 Å². The van der Waals surface area contributed by atoms with Crippen molar-refractivity contribution in [3.8, 4) is 11.1 Å². The van der Waals surface area contributed by atoms with Gasteiger partial charge in [-0.2, -0.15) is 0 Å². The average Bonchev–Trinajstić information content (AvgIpc) is 3.31. The minimum Gasteiger partial charge on any atom is -0.311 e. The van der Waals surface area contributed by atoms with Gasteiger partial charge in [0, 0.05) is 29.6 Å². The second-order valence-electron chi connectivity index (χ2n) is 7.71. The van der Waals surface area contributed by atoms with E-state index >= 15 is 4.39 Å². The number of sulfonamides is 1. The third kappa shape index (κ3) is 4.22. The summed E-state index contributed by atoms with van der Waals surface area (Å²) in [5, 5.41) is 3.37. The zero-order valence-electron chi connectivity index (χ0n) is 15.4. The van der Waals surface area contributed by atoms with Gasteiger partial charge in [0.05, 0.1) is 6.26 Å². The maximum atomic E-state index is 15.1. The molecule has 1 aliphatic heterocycles. The van der Waals surface area contributed by atoms with E-state index in [-0.39, 0.29) is 35.7 Å². The van der Waals surface area contributed by atoms with Gasteiger partial charge in [-0.25, -0.2) is 21.9 Å². The minimum atomic E-state index is -3.36. The molecule has 0 aromatic heterocycles. The monoisotopic (exact) mass is 428 g/mol. The first kappa shape index (κ1) is 21.2. The predicted octanol–water partition coefficient (Wildman–Crippen LogP) is 3.27. The van der Waals surface area contributed by atoms with Gasteiger partial charge in [0.15, 0.2) is 0 Å². The first-order valence-electron chi connectivity index (χ1n) is 9.01. The van der Waals surface area contributed by atoms with Gasteiger partial charge in [0.25, 0.3) is 0 Å². The summed E-state index contributed by atoms with van der Waals surface area (Å²) in [5.74, 6) is -0.803. The Morgan fingerprint density at radius 1 is 1.18 bits per heavy atom. The lowest BCUT2D eigenvalue weighted by Gasteiger charge is -2.24. The summed E-state index contributed by atoms with van der Waals surface area (Å²) in [5.41, 5.74) is 1.27. The fraction of sp³-hybridized carbons (Fsp3) is 0.400. The van der Waals surface area contributed by atoms with E-state index in [1.165, 1.54) is 12.1 Å². The van der Waals surface area contributed by atoms with E-state index in [0.717, 1.165) is 25.6 Å². The molecule has 4 nitrogen and oxygen atoms in total. The lowest BCUT2D eigenvalue weighted by atomic mass is 9.91. The van der Waals surface area contributed by atoms with Crippen LogP contribution in [0.15, 0.2) is 42.5 Å². The van der Waals surface area contributed by atoms with Crippen molar-refractivity contribution in [2.45, 2.75) is 31.3 Å². The molecule has 2 unspecified atom stereocenters. The molecule has 2 fully saturated rings. The molecule has 1 spiro atoms. The Balaban J connectivity index is 0.00000225. The molecular formula is C20H23ClF2N2O2S. The van der Waals surface area contributed by atoms with E-state index in [2.05, 4.69) is 10.0 Å².